The van der Waals surface area contributed by atoms with E-state index in [1.807, 2.05) is 23.1 Å². The highest BCUT2D eigenvalue weighted by molar-refractivity contribution is 6.31. The number of methoxy groups -OCH3 is 1. The van der Waals surface area contributed by atoms with Crippen LogP contribution >= 0.6 is 11.6 Å². The Morgan fingerprint density at radius 3 is 2.54 bits per heavy atom. The number of nitrogens with one attached hydrogen (secondary N) is 1. The van der Waals surface area contributed by atoms with Gasteiger partial charge in [0.1, 0.15) is 5.75 Å². The number of benzene rings is 3. The third-order valence-corrected chi connectivity index (χ3v) is 6.78. The lowest BCUT2D eigenvalue weighted by Crippen LogP contribution is -2.38. The van der Waals surface area contributed by atoms with Crippen LogP contribution in [0.2, 0.25) is 5.02 Å². The van der Waals surface area contributed by atoms with Gasteiger partial charge in [-0.25, -0.2) is 4.79 Å². The number of carbonyl (C=O) groups excluding carboxylic acids is 1. The fourth-order valence-electron chi connectivity index (χ4n) is 4.72. The summed E-state index contributed by atoms with van der Waals surface area (Å²) < 4.78 is 7.65. The van der Waals surface area contributed by atoms with Gasteiger partial charge in [-0.3, -0.25) is 0 Å². The second-order valence-electron chi connectivity index (χ2n) is 9.06. The molecule has 1 unspecified atom stereocenters. The molecule has 6 heteroatoms. The molecule has 35 heavy (non-hydrogen) atoms. The number of ether oxygens (including phenoxy) is 1. The van der Waals surface area contributed by atoms with Crippen LogP contribution in [-0.2, 0) is 6.54 Å². The Bertz CT molecular complexity index is 1360. The van der Waals surface area contributed by atoms with E-state index in [1.54, 1.807) is 25.3 Å². The highest BCUT2D eigenvalue weighted by Gasteiger charge is 2.33. The Balaban J connectivity index is 1.62. The molecule has 178 valence electrons. The number of urea groups is 1. The molecule has 1 aliphatic heterocycles. The first-order chi connectivity index (χ1) is 17.0. The summed E-state index contributed by atoms with van der Waals surface area (Å²) in [5, 5.41) is 3.58. The minimum Gasteiger partial charge on any atom is -0.495 e. The number of halogens is 1. The molecule has 3 aromatic carbocycles. The molecule has 0 radical (unpaired) electrons. The summed E-state index contributed by atoms with van der Waals surface area (Å²) in [6.07, 6.45) is 2.06. The van der Waals surface area contributed by atoms with Crippen LogP contribution in [0, 0.1) is 0 Å². The van der Waals surface area contributed by atoms with Gasteiger partial charge in [0.05, 0.1) is 31.1 Å². The standard InChI is InChI=1S/C29H28ClN3O2/c1-19(2)20-10-12-21(13-11-20)28-26-9-6-16-32(26)25-8-5-4-7-22(25)18-33(28)29(34)31-24-17-23(30)14-15-27(24)35-3/h4-17,19,28H,18H2,1-3H3,(H,31,34). The van der Waals surface area contributed by atoms with Crippen LogP contribution < -0.4 is 10.1 Å². The van der Waals surface area contributed by atoms with Crippen molar-refractivity contribution in [1.29, 1.82) is 0 Å². The number of fused-ring (bicyclic) bond motifs is 3. The van der Waals surface area contributed by atoms with Crippen LogP contribution in [0.15, 0.2) is 85.1 Å². The number of nitrogens with zero attached hydrogens (tertiary/aromatic N) is 2. The summed E-state index contributed by atoms with van der Waals surface area (Å²) in [7, 11) is 1.58. The van der Waals surface area contributed by atoms with Gasteiger partial charge in [0.15, 0.2) is 0 Å². The molecule has 1 aromatic heterocycles. The fraction of sp³-hybridized carbons (Fsp3) is 0.207. The van der Waals surface area contributed by atoms with E-state index >= 15 is 0 Å². The SMILES string of the molecule is COc1ccc(Cl)cc1NC(=O)N1Cc2ccccc2-n2cccc2C1c1ccc(C(C)C)cc1. The first-order valence-corrected chi connectivity index (χ1v) is 12.1. The minimum absolute atomic E-state index is 0.229. The predicted octanol–water partition coefficient (Wildman–Crippen LogP) is 7.40. The number of carbonyl (C=O) groups is 1. The molecule has 5 rings (SSSR count). The molecule has 1 aliphatic rings. The van der Waals surface area contributed by atoms with Crippen molar-refractivity contribution in [3.63, 3.8) is 0 Å². The van der Waals surface area contributed by atoms with Crippen LogP contribution in [0.25, 0.3) is 5.69 Å². The topological polar surface area (TPSA) is 46.5 Å². The highest BCUT2D eigenvalue weighted by atomic mass is 35.5. The van der Waals surface area contributed by atoms with Crippen molar-refractivity contribution < 1.29 is 9.53 Å². The van der Waals surface area contributed by atoms with E-state index in [0.29, 0.717) is 28.9 Å². The van der Waals surface area contributed by atoms with Crippen molar-refractivity contribution in [2.45, 2.75) is 32.4 Å². The van der Waals surface area contributed by atoms with E-state index in [2.05, 4.69) is 72.4 Å². The van der Waals surface area contributed by atoms with E-state index in [9.17, 15) is 4.79 Å². The van der Waals surface area contributed by atoms with E-state index in [4.69, 9.17) is 16.3 Å². The normalized spacial score (nSPS) is 14.8. The second-order valence-corrected chi connectivity index (χ2v) is 9.49. The largest absolute Gasteiger partial charge is 0.495 e. The average Bonchev–Trinajstić information content (AvgIpc) is 3.28. The molecular weight excluding hydrogens is 458 g/mol. The van der Waals surface area contributed by atoms with Gasteiger partial charge in [0, 0.05) is 16.9 Å². The van der Waals surface area contributed by atoms with Crippen LogP contribution in [0.4, 0.5) is 10.5 Å². The number of hydrogen-bond acceptors (Lipinski definition) is 2. The Labute approximate surface area is 210 Å². The summed E-state index contributed by atoms with van der Waals surface area (Å²) >= 11 is 6.23. The Morgan fingerprint density at radius 1 is 1.03 bits per heavy atom. The molecule has 0 spiro atoms. The maximum absolute atomic E-state index is 13.9. The molecule has 0 fully saturated rings. The first kappa shape index (κ1) is 23.1. The monoisotopic (exact) mass is 485 g/mol. The third kappa shape index (κ3) is 4.40. The highest BCUT2D eigenvalue weighted by Crippen LogP contribution is 2.38. The molecule has 0 aliphatic carbocycles. The van der Waals surface area contributed by atoms with Crippen LogP contribution in [0.5, 0.6) is 5.75 Å². The van der Waals surface area contributed by atoms with Gasteiger partial charge in [-0.15, -0.1) is 0 Å². The lowest BCUT2D eigenvalue weighted by molar-refractivity contribution is 0.194. The van der Waals surface area contributed by atoms with Gasteiger partial charge >= 0.3 is 6.03 Å². The van der Waals surface area contributed by atoms with Gasteiger partial charge in [0.2, 0.25) is 0 Å². The van der Waals surface area contributed by atoms with Crippen molar-refractivity contribution in [2.24, 2.45) is 0 Å². The maximum Gasteiger partial charge on any atom is 0.323 e. The van der Waals surface area contributed by atoms with E-state index in [-0.39, 0.29) is 12.1 Å². The molecular formula is C29H28ClN3O2. The third-order valence-electron chi connectivity index (χ3n) is 6.55. The van der Waals surface area contributed by atoms with Crippen molar-refractivity contribution in [3.8, 4) is 11.4 Å². The zero-order chi connectivity index (χ0) is 24.5. The molecule has 0 bridgehead atoms. The van der Waals surface area contributed by atoms with Crippen molar-refractivity contribution in [3.05, 3.63) is 112 Å². The maximum atomic E-state index is 13.9. The average molecular weight is 486 g/mol. The zero-order valence-corrected chi connectivity index (χ0v) is 20.8. The van der Waals surface area contributed by atoms with Crippen molar-refractivity contribution >= 4 is 23.3 Å². The summed E-state index contributed by atoms with van der Waals surface area (Å²) in [4.78, 5) is 15.8. The summed E-state index contributed by atoms with van der Waals surface area (Å²) in [5.74, 6) is 0.986. The van der Waals surface area contributed by atoms with Gasteiger partial charge in [-0.1, -0.05) is 67.9 Å². The second kappa shape index (κ2) is 9.51. The Hall–Kier alpha value is -3.70. The lowest BCUT2D eigenvalue weighted by atomic mass is 9.97. The summed E-state index contributed by atoms with van der Waals surface area (Å²) in [5.41, 5.74) is 6.02. The molecule has 0 saturated heterocycles. The Kier molecular flexibility index (Phi) is 6.27. The van der Waals surface area contributed by atoms with E-state index in [1.165, 1.54) is 5.56 Å². The number of rotatable bonds is 4. The molecule has 2 heterocycles. The van der Waals surface area contributed by atoms with Crippen molar-refractivity contribution in [1.82, 2.24) is 9.47 Å². The Morgan fingerprint density at radius 2 is 1.80 bits per heavy atom. The molecule has 4 aromatic rings. The van der Waals surface area contributed by atoms with Gasteiger partial charge in [-0.05, 0) is 59.0 Å². The van der Waals surface area contributed by atoms with Crippen LogP contribution in [0.3, 0.4) is 0 Å². The van der Waals surface area contributed by atoms with Crippen LogP contribution in [0.1, 0.15) is 48.2 Å². The quantitative estimate of drug-likeness (QED) is 0.327. The number of anilines is 1. The first-order valence-electron chi connectivity index (χ1n) is 11.7. The van der Waals surface area contributed by atoms with Gasteiger partial charge in [-0.2, -0.15) is 0 Å². The summed E-state index contributed by atoms with van der Waals surface area (Å²) in [6, 6.07) is 25.6. The smallest absolute Gasteiger partial charge is 0.323 e. The molecule has 1 atom stereocenters. The number of hydrogen-bond donors (Lipinski definition) is 1. The predicted molar refractivity (Wildman–Crippen MR) is 141 cm³/mol. The molecule has 1 N–H and O–H groups in total. The van der Waals surface area contributed by atoms with Crippen molar-refractivity contribution in [2.75, 3.05) is 12.4 Å². The van der Waals surface area contributed by atoms with E-state index in [0.717, 1.165) is 22.5 Å². The van der Waals surface area contributed by atoms with E-state index < -0.39 is 0 Å². The lowest BCUT2D eigenvalue weighted by Gasteiger charge is -2.31. The number of aromatic nitrogens is 1. The molecule has 2 amide bonds. The number of amides is 2. The van der Waals surface area contributed by atoms with Crippen LogP contribution in [-0.4, -0.2) is 22.6 Å². The summed E-state index contributed by atoms with van der Waals surface area (Å²) in [6.45, 7) is 4.81. The molecule has 5 nitrogen and oxygen atoms in total. The fourth-order valence-corrected chi connectivity index (χ4v) is 4.89. The van der Waals surface area contributed by atoms with Gasteiger partial charge in [0.25, 0.3) is 0 Å². The minimum atomic E-state index is -0.288. The molecule has 0 saturated carbocycles. The number of para-hydroxylation sites is 1. The van der Waals surface area contributed by atoms with Gasteiger partial charge < -0.3 is 19.5 Å². The zero-order valence-electron chi connectivity index (χ0n) is 20.0.